The lowest BCUT2D eigenvalue weighted by Gasteiger charge is -2.20. The summed E-state index contributed by atoms with van der Waals surface area (Å²) in [5, 5.41) is 10.2. The quantitative estimate of drug-likeness (QED) is 0.0106. The molecule has 0 aromatic heterocycles. The van der Waals surface area contributed by atoms with Crippen molar-refractivity contribution in [2.45, 2.75) is 137 Å². The van der Waals surface area contributed by atoms with Crippen molar-refractivity contribution in [1.82, 2.24) is 21.3 Å². The largest absolute Gasteiger partial charge is 0.462 e. The maximum atomic E-state index is 13.1. The molecule has 0 aliphatic heterocycles. The highest BCUT2D eigenvalue weighted by molar-refractivity contribution is 5.86. The average Bonchev–Trinajstić information content (AvgIpc) is 3.34. The van der Waals surface area contributed by atoms with Gasteiger partial charge in [0.1, 0.15) is 56.7 Å². The first-order chi connectivity index (χ1) is 36.4. The predicted octanol–water partition coefficient (Wildman–Crippen LogP) is 1.10. The summed E-state index contributed by atoms with van der Waals surface area (Å²) in [5.74, 6) is -6.32. The van der Waals surface area contributed by atoms with Gasteiger partial charge in [-0.25, -0.2) is 19.2 Å². The zero-order valence-electron chi connectivity index (χ0n) is 45.7. The molecule has 4 amide bonds. The number of guanidine groups is 2. The fraction of sp³-hybridized carbons (Fsp3) is 0.720. The number of ether oxygens (including phenoxy) is 7. The van der Waals surface area contributed by atoms with Crippen LogP contribution >= 0.6 is 0 Å². The number of rotatable bonds is 43. The van der Waals surface area contributed by atoms with Gasteiger partial charge in [0.05, 0.1) is 25.0 Å². The number of hydrogen-bond acceptors (Lipinski definition) is 19. The van der Waals surface area contributed by atoms with Crippen molar-refractivity contribution in [2.75, 3.05) is 72.4 Å². The molecule has 0 aromatic carbocycles. The van der Waals surface area contributed by atoms with Crippen molar-refractivity contribution in [3.8, 4) is 0 Å². The van der Waals surface area contributed by atoms with Crippen LogP contribution in [0.2, 0.25) is 0 Å². The second kappa shape index (κ2) is 42.1. The molecule has 5 unspecified atom stereocenters. The number of urea groups is 1. The summed E-state index contributed by atoms with van der Waals surface area (Å²) in [7, 11) is 0. The second-order valence-electron chi connectivity index (χ2n) is 18.7. The molecule has 0 bridgehead atoms. The minimum absolute atomic E-state index is 0.0160. The van der Waals surface area contributed by atoms with E-state index in [2.05, 4.69) is 37.8 Å². The van der Waals surface area contributed by atoms with Crippen molar-refractivity contribution in [1.29, 1.82) is 0 Å². The van der Waals surface area contributed by atoms with Crippen LogP contribution in [0.15, 0.2) is 22.6 Å². The lowest BCUT2D eigenvalue weighted by molar-refractivity contribution is -0.157. The minimum Gasteiger partial charge on any atom is -0.462 e. The first-order valence-corrected chi connectivity index (χ1v) is 25.8. The van der Waals surface area contributed by atoms with E-state index in [4.69, 9.17) is 56.1 Å². The van der Waals surface area contributed by atoms with Crippen molar-refractivity contribution in [3.05, 3.63) is 12.7 Å². The molecular weight excluding hydrogens is 1010 g/mol. The second-order valence-corrected chi connectivity index (χ2v) is 18.7. The van der Waals surface area contributed by atoms with Crippen molar-refractivity contribution >= 4 is 71.4 Å². The Morgan fingerprint density at radius 2 is 1.06 bits per heavy atom. The number of Topliss-reactive ketones (excluding diaryl/α,β-unsaturated/α-hetero) is 2. The zero-order chi connectivity index (χ0) is 58.1. The van der Waals surface area contributed by atoms with E-state index in [-0.39, 0.29) is 166 Å². The molecule has 0 aliphatic rings. The number of ketones is 2. The molecule has 27 heteroatoms. The van der Waals surface area contributed by atoms with E-state index >= 15 is 0 Å². The minimum atomic E-state index is -1.07. The maximum Gasteiger partial charge on any atom is 0.407 e. The molecule has 0 saturated carbocycles. The van der Waals surface area contributed by atoms with Gasteiger partial charge in [-0.05, 0) is 63.2 Å². The normalized spacial score (nSPS) is 12.7. The van der Waals surface area contributed by atoms with Crippen LogP contribution in [0.3, 0.4) is 0 Å². The van der Waals surface area contributed by atoms with Gasteiger partial charge in [0.2, 0.25) is 5.91 Å². The van der Waals surface area contributed by atoms with Gasteiger partial charge in [-0.1, -0.05) is 33.8 Å². The van der Waals surface area contributed by atoms with Crippen molar-refractivity contribution < 1.29 is 81.1 Å². The molecule has 0 saturated heterocycles. The monoisotopic (exact) mass is 1100 g/mol. The summed E-state index contributed by atoms with van der Waals surface area (Å²) >= 11 is 0. The van der Waals surface area contributed by atoms with Gasteiger partial charge >= 0.3 is 42.0 Å². The zero-order valence-corrected chi connectivity index (χ0v) is 45.7. The van der Waals surface area contributed by atoms with E-state index in [1.165, 1.54) is 19.9 Å². The van der Waals surface area contributed by atoms with Gasteiger partial charge < -0.3 is 77.4 Å². The number of hydrogen-bond donors (Lipinski definition) is 8. The third kappa shape index (κ3) is 39.1. The van der Waals surface area contributed by atoms with E-state index < -0.39 is 77.9 Å². The number of nitrogens with two attached hydrogens (primary N) is 4. The molecular formula is C50H86N10O17. The number of amides is 4. The number of nitrogens with zero attached hydrogens (tertiary/aromatic N) is 2. The van der Waals surface area contributed by atoms with Crippen LogP contribution in [0.5, 0.6) is 0 Å². The molecule has 0 heterocycles. The van der Waals surface area contributed by atoms with Gasteiger partial charge in [0.15, 0.2) is 18.0 Å². The van der Waals surface area contributed by atoms with Crippen LogP contribution in [0, 0.1) is 23.7 Å². The number of nitrogens with one attached hydrogen (secondary N) is 4. The van der Waals surface area contributed by atoms with E-state index in [9.17, 15) is 47.9 Å². The highest BCUT2D eigenvalue weighted by atomic mass is 16.6. The van der Waals surface area contributed by atoms with Crippen LogP contribution in [-0.2, 0) is 71.5 Å². The number of aliphatic imine (C=N–C) groups is 2. The smallest absolute Gasteiger partial charge is 0.407 e. The molecule has 0 spiro atoms. The Bertz CT molecular complexity index is 1930. The summed E-state index contributed by atoms with van der Waals surface area (Å²) in [4.78, 5) is 134. The first kappa shape index (κ1) is 69.9. The molecule has 12 N–H and O–H groups in total. The molecule has 438 valence electrons. The first-order valence-electron chi connectivity index (χ1n) is 25.8. The Morgan fingerprint density at radius 1 is 0.571 bits per heavy atom. The van der Waals surface area contributed by atoms with E-state index in [1.54, 1.807) is 0 Å². The standard InChI is InChI=1S/C50H86N10O17/c1-8-21-71-30-40(31-76-35(7)62)77-50(70)58-20-11-15-39(64)29-37(26-32(2)3)44(66)73-23-25-75-46(68)42(27-33(4)5)60-49(69)57-19-10-14-38(63)28-36(13-9-17-55-47(51)52)43(65)72-22-24-74-45(67)41(59-34(6)61)16-12-18-56-48(53)54/h8,32-33,36-37,40-42H,1,9-31H2,2-7H3,(H,58,70)(H,59,61)(H4,51,52,55)(H4,53,54,56)(H2,57,60,69). The average molecular weight is 1100 g/mol. The van der Waals surface area contributed by atoms with Crippen molar-refractivity contribution in [3.63, 3.8) is 0 Å². The lowest BCUT2D eigenvalue weighted by Crippen LogP contribution is -2.47. The molecule has 0 aliphatic carbocycles. The summed E-state index contributed by atoms with van der Waals surface area (Å²) in [6, 6.07) is -2.75. The summed E-state index contributed by atoms with van der Waals surface area (Å²) in [5.41, 5.74) is 21.5. The van der Waals surface area contributed by atoms with Gasteiger partial charge in [-0.3, -0.25) is 38.8 Å². The highest BCUT2D eigenvalue weighted by Crippen LogP contribution is 2.20. The Labute approximate surface area is 451 Å². The molecule has 0 aromatic rings. The number of esters is 5. The fourth-order valence-electron chi connectivity index (χ4n) is 7.10. The van der Waals surface area contributed by atoms with Crippen LogP contribution in [0.1, 0.15) is 119 Å². The Morgan fingerprint density at radius 3 is 1.57 bits per heavy atom. The molecule has 0 fully saturated rings. The fourth-order valence-corrected chi connectivity index (χ4v) is 7.10. The van der Waals surface area contributed by atoms with E-state index in [0.717, 1.165) is 0 Å². The van der Waals surface area contributed by atoms with Gasteiger partial charge in [0.25, 0.3) is 0 Å². The van der Waals surface area contributed by atoms with E-state index in [0.29, 0.717) is 19.3 Å². The molecule has 0 radical (unpaired) electrons. The molecule has 0 rings (SSSR count). The van der Waals surface area contributed by atoms with Crippen LogP contribution in [-0.4, -0.2) is 162 Å². The SMILES string of the molecule is C=CCOCC(COC(C)=O)OC(=O)NCCCC(=O)CC(CC(C)C)C(=O)OCCOC(=O)C(CC(C)C)NC(=O)NCCCC(=O)CC(CCCN=C(N)N)C(=O)OCCOC(=O)C(CCCN=C(N)N)NC(C)=O. The summed E-state index contributed by atoms with van der Waals surface area (Å²) < 4.78 is 36.7. The van der Waals surface area contributed by atoms with Gasteiger partial charge in [-0.2, -0.15) is 0 Å². The molecule has 77 heavy (non-hydrogen) atoms. The van der Waals surface area contributed by atoms with Crippen molar-refractivity contribution in [2.24, 2.45) is 56.6 Å². The molecule has 27 nitrogen and oxygen atoms in total. The van der Waals surface area contributed by atoms with Gasteiger partial charge in [-0.15, -0.1) is 6.58 Å². The third-order valence-electron chi connectivity index (χ3n) is 10.5. The predicted molar refractivity (Wildman–Crippen MR) is 281 cm³/mol. The van der Waals surface area contributed by atoms with Crippen LogP contribution < -0.4 is 44.2 Å². The summed E-state index contributed by atoms with van der Waals surface area (Å²) in [6.45, 7) is 12.7. The Balaban J connectivity index is 5.09. The lowest BCUT2D eigenvalue weighted by atomic mass is 9.91. The highest BCUT2D eigenvalue weighted by Gasteiger charge is 2.28. The Kier molecular flexibility index (Phi) is 38.2. The molecule has 5 atom stereocenters. The van der Waals surface area contributed by atoms with E-state index in [1.807, 2.05) is 27.7 Å². The maximum absolute atomic E-state index is 13.1. The van der Waals surface area contributed by atoms with Crippen LogP contribution in [0.25, 0.3) is 0 Å². The summed E-state index contributed by atoms with van der Waals surface area (Å²) in [6.07, 6.45) is 1.70. The van der Waals surface area contributed by atoms with Crippen LogP contribution in [0.4, 0.5) is 9.59 Å². The Hall–Kier alpha value is -7.06. The van der Waals surface area contributed by atoms with Gasteiger partial charge in [0, 0.05) is 65.7 Å². The number of carbonyl (C=O) groups excluding carboxylic acids is 10. The topological polar surface area (TPSA) is 412 Å². The third-order valence-corrected chi connectivity index (χ3v) is 10.5. The number of alkyl carbamates (subject to hydrolysis) is 1. The number of carbonyl (C=O) groups is 10.